The largest absolute Gasteiger partial charge is 0.383 e. The molecule has 0 heterocycles. The molecule has 2 atom stereocenters. The third kappa shape index (κ3) is 4.89. The van der Waals surface area contributed by atoms with Crippen LogP contribution in [0.1, 0.15) is 31.0 Å². The second-order valence-corrected chi connectivity index (χ2v) is 4.66. The average Bonchev–Trinajstić information content (AvgIpc) is 2.38. The summed E-state index contributed by atoms with van der Waals surface area (Å²) in [4.78, 5) is 4.56. The molecule has 0 aromatic heterocycles. The summed E-state index contributed by atoms with van der Waals surface area (Å²) in [5, 5.41) is 3.18. The second kappa shape index (κ2) is 7.76. The van der Waals surface area contributed by atoms with Crippen LogP contribution in [0, 0.1) is 6.92 Å². The van der Waals surface area contributed by atoms with Crippen LogP contribution in [0.15, 0.2) is 29.3 Å². The minimum atomic E-state index is 0.0366. The van der Waals surface area contributed by atoms with Crippen molar-refractivity contribution in [2.75, 3.05) is 13.7 Å². The van der Waals surface area contributed by atoms with Crippen molar-refractivity contribution >= 4 is 5.96 Å². The predicted molar refractivity (Wildman–Crippen MR) is 78.8 cm³/mol. The number of guanidine groups is 1. The van der Waals surface area contributed by atoms with Crippen molar-refractivity contribution in [3.05, 3.63) is 35.4 Å². The zero-order valence-corrected chi connectivity index (χ0v) is 12.1. The van der Waals surface area contributed by atoms with Gasteiger partial charge in [0.2, 0.25) is 5.96 Å². The van der Waals surface area contributed by atoms with Gasteiger partial charge in [0.25, 0.3) is 0 Å². The molecule has 5 heteroatoms. The molecule has 1 aromatic carbocycles. The van der Waals surface area contributed by atoms with Crippen LogP contribution in [-0.4, -0.2) is 25.7 Å². The van der Waals surface area contributed by atoms with Crippen molar-refractivity contribution in [2.45, 2.75) is 32.9 Å². The van der Waals surface area contributed by atoms with E-state index < -0.39 is 0 Å². The van der Waals surface area contributed by atoms with E-state index in [0.29, 0.717) is 12.6 Å². The Morgan fingerprint density at radius 2 is 2.05 bits per heavy atom. The maximum absolute atomic E-state index is 5.50. The van der Waals surface area contributed by atoms with Gasteiger partial charge in [-0.2, -0.15) is 0 Å². The standard InChI is InChI=1S/C14H24N4O/c1-10-7-5-6-8-13(10)12(3)17-14(18-15)16-11(2)9-19-4/h5-8,11-12H,9,15H2,1-4H3,(H2,16,17,18). The van der Waals surface area contributed by atoms with E-state index in [1.807, 2.05) is 26.0 Å². The lowest BCUT2D eigenvalue weighted by atomic mass is 10.0. The number of hydrogen-bond donors (Lipinski definition) is 3. The molecule has 0 spiro atoms. The van der Waals surface area contributed by atoms with Gasteiger partial charge in [0.15, 0.2) is 0 Å². The molecule has 2 unspecified atom stereocenters. The van der Waals surface area contributed by atoms with Gasteiger partial charge >= 0.3 is 0 Å². The molecule has 106 valence electrons. The van der Waals surface area contributed by atoms with E-state index in [1.165, 1.54) is 11.1 Å². The lowest BCUT2D eigenvalue weighted by Gasteiger charge is -2.18. The summed E-state index contributed by atoms with van der Waals surface area (Å²) in [5.41, 5.74) is 5.01. The molecule has 0 radical (unpaired) electrons. The highest BCUT2D eigenvalue weighted by atomic mass is 16.5. The van der Waals surface area contributed by atoms with Crippen molar-refractivity contribution in [2.24, 2.45) is 10.8 Å². The Balaban J connectivity index is 2.77. The molecule has 0 fully saturated rings. The maximum Gasteiger partial charge on any atom is 0.206 e. The summed E-state index contributed by atoms with van der Waals surface area (Å²) in [6.07, 6.45) is 0. The molecule has 0 aliphatic rings. The molecule has 0 aliphatic carbocycles. The Hall–Kier alpha value is -1.59. The number of rotatable bonds is 5. The summed E-state index contributed by atoms with van der Waals surface area (Å²) >= 11 is 0. The molecular formula is C14H24N4O. The fourth-order valence-corrected chi connectivity index (χ4v) is 1.96. The van der Waals surface area contributed by atoms with Gasteiger partial charge in [-0.3, -0.25) is 5.43 Å². The lowest BCUT2D eigenvalue weighted by molar-refractivity contribution is 0.179. The van der Waals surface area contributed by atoms with Crippen molar-refractivity contribution in [1.82, 2.24) is 10.7 Å². The van der Waals surface area contributed by atoms with E-state index in [1.54, 1.807) is 7.11 Å². The van der Waals surface area contributed by atoms with E-state index in [4.69, 9.17) is 10.6 Å². The molecule has 0 saturated heterocycles. The first-order valence-electron chi connectivity index (χ1n) is 6.44. The number of nitrogens with zero attached hydrogens (tertiary/aromatic N) is 1. The van der Waals surface area contributed by atoms with E-state index in [9.17, 15) is 0 Å². The van der Waals surface area contributed by atoms with Crippen LogP contribution in [0.2, 0.25) is 0 Å². The van der Waals surface area contributed by atoms with E-state index in [-0.39, 0.29) is 12.1 Å². The highest BCUT2D eigenvalue weighted by molar-refractivity contribution is 5.79. The number of nitrogens with two attached hydrogens (primary N) is 1. The summed E-state index contributed by atoms with van der Waals surface area (Å²) in [7, 11) is 1.67. The average molecular weight is 264 g/mol. The topological polar surface area (TPSA) is 71.7 Å². The number of hydrogen-bond acceptors (Lipinski definition) is 3. The van der Waals surface area contributed by atoms with Crippen LogP contribution in [0.5, 0.6) is 0 Å². The van der Waals surface area contributed by atoms with Gasteiger partial charge in [-0.25, -0.2) is 10.8 Å². The Bertz CT molecular complexity index is 420. The predicted octanol–water partition coefficient (Wildman–Crippen LogP) is 1.50. The van der Waals surface area contributed by atoms with Crippen molar-refractivity contribution in [1.29, 1.82) is 0 Å². The first-order valence-corrected chi connectivity index (χ1v) is 6.44. The lowest BCUT2D eigenvalue weighted by Crippen LogP contribution is -2.47. The van der Waals surface area contributed by atoms with Crippen LogP contribution in [0.25, 0.3) is 0 Å². The van der Waals surface area contributed by atoms with Gasteiger partial charge < -0.3 is 10.1 Å². The van der Waals surface area contributed by atoms with E-state index in [2.05, 4.69) is 34.8 Å². The minimum Gasteiger partial charge on any atom is -0.383 e. The number of ether oxygens (including phenoxy) is 1. The molecule has 0 saturated carbocycles. The fourth-order valence-electron chi connectivity index (χ4n) is 1.96. The van der Waals surface area contributed by atoms with Crippen LogP contribution >= 0.6 is 0 Å². The summed E-state index contributed by atoms with van der Waals surface area (Å²) in [6.45, 7) is 6.73. The Morgan fingerprint density at radius 1 is 1.37 bits per heavy atom. The SMILES string of the molecule is COCC(C)NC(=NC(C)c1ccccc1C)NN. The van der Waals surface area contributed by atoms with Gasteiger partial charge in [0, 0.05) is 13.2 Å². The van der Waals surface area contributed by atoms with Crippen LogP contribution in [0.4, 0.5) is 0 Å². The summed E-state index contributed by atoms with van der Waals surface area (Å²) in [6, 6.07) is 8.38. The number of methoxy groups -OCH3 is 1. The molecule has 0 amide bonds. The number of aryl methyl sites for hydroxylation is 1. The molecule has 1 aromatic rings. The fraction of sp³-hybridized carbons (Fsp3) is 0.500. The Kier molecular flexibility index (Phi) is 6.32. The van der Waals surface area contributed by atoms with Gasteiger partial charge in [-0.05, 0) is 31.9 Å². The third-order valence-electron chi connectivity index (χ3n) is 2.90. The van der Waals surface area contributed by atoms with Gasteiger partial charge in [0.1, 0.15) is 0 Å². The van der Waals surface area contributed by atoms with Crippen molar-refractivity contribution < 1.29 is 4.74 Å². The Morgan fingerprint density at radius 3 is 2.63 bits per heavy atom. The minimum absolute atomic E-state index is 0.0366. The molecule has 19 heavy (non-hydrogen) atoms. The normalized spacial score (nSPS) is 14.9. The molecule has 1 rings (SSSR count). The zero-order chi connectivity index (χ0) is 14.3. The number of aliphatic imine (C=N–C) groups is 1. The van der Waals surface area contributed by atoms with Gasteiger partial charge in [0.05, 0.1) is 12.6 Å². The number of hydrazine groups is 1. The van der Waals surface area contributed by atoms with Crippen molar-refractivity contribution in [3.8, 4) is 0 Å². The van der Waals surface area contributed by atoms with Crippen LogP contribution in [-0.2, 0) is 4.74 Å². The third-order valence-corrected chi connectivity index (χ3v) is 2.90. The smallest absolute Gasteiger partial charge is 0.206 e. The monoisotopic (exact) mass is 264 g/mol. The second-order valence-electron chi connectivity index (χ2n) is 4.66. The number of nitrogens with one attached hydrogen (secondary N) is 2. The maximum atomic E-state index is 5.50. The quantitative estimate of drug-likeness (QED) is 0.326. The van der Waals surface area contributed by atoms with E-state index >= 15 is 0 Å². The number of benzene rings is 1. The van der Waals surface area contributed by atoms with Crippen LogP contribution in [0.3, 0.4) is 0 Å². The first kappa shape index (κ1) is 15.5. The van der Waals surface area contributed by atoms with Gasteiger partial charge in [-0.1, -0.05) is 24.3 Å². The van der Waals surface area contributed by atoms with Gasteiger partial charge in [-0.15, -0.1) is 0 Å². The zero-order valence-electron chi connectivity index (χ0n) is 12.1. The summed E-state index contributed by atoms with van der Waals surface area (Å²) < 4.78 is 5.07. The van der Waals surface area contributed by atoms with E-state index in [0.717, 1.165) is 0 Å². The highest BCUT2D eigenvalue weighted by Gasteiger charge is 2.09. The summed E-state index contributed by atoms with van der Waals surface area (Å²) in [5.74, 6) is 6.07. The highest BCUT2D eigenvalue weighted by Crippen LogP contribution is 2.19. The molecule has 5 nitrogen and oxygen atoms in total. The molecule has 0 aliphatic heterocycles. The van der Waals surface area contributed by atoms with Crippen molar-refractivity contribution in [3.63, 3.8) is 0 Å². The Labute approximate surface area is 115 Å². The first-order chi connectivity index (χ1) is 9.08. The van der Waals surface area contributed by atoms with Crippen LogP contribution < -0.4 is 16.6 Å². The molecule has 0 bridgehead atoms. The molecular weight excluding hydrogens is 240 g/mol. The molecule has 4 N–H and O–H groups in total.